The van der Waals surface area contributed by atoms with Crippen molar-refractivity contribution in [3.05, 3.63) is 24.3 Å². The molecule has 2 amide bonds. The van der Waals surface area contributed by atoms with Crippen LogP contribution in [-0.4, -0.2) is 36.9 Å². The van der Waals surface area contributed by atoms with Crippen LogP contribution in [0.3, 0.4) is 0 Å². The van der Waals surface area contributed by atoms with Gasteiger partial charge in [0.15, 0.2) is 0 Å². The third kappa shape index (κ3) is 2.86. The third-order valence-electron chi connectivity index (χ3n) is 6.20. The van der Waals surface area contributed by atoms with Crippen LogP contribution in [0.4, 0.5) is 16.2 Å². The minimum atomic E-state index is -0.141. The molecule has 0 spiro atoms. The molecule has 0 unspecified atom stereocenters. The average Bonchev–Trinajstić information content (AvgIpc) is 3.32. The first kappa shape index (κ1) is 15.8. The Labute approximate surface area is 143 Å². The van der Waals surface area contributed by atoms with E-state index in [0.717, 1.165) is 30.9 Å². The van der Waals surface area contributed by atoms with E-state index in [9.17, 15) is 9.90 Å². The normalized spacial score (nSPS) is 31.5. The molecule has 2 saturated carbocycles. The number of urea groups is 1. The van der Waals surface area contributed by atoms with E-state index >= 15 is 0 Å². The van der Waals surface area contributed by atoms with Crippen LogP contribution in [-0.2, 0) is 0 Å². The zero-order valence-corrected chi connectivity index (χ0v) is 14.1. The van der Waals surface area contributed by atoms with Gasteiger partial charge < -0.3 is 20.6 Å². The van der Waals surface area contributed by atoms with Crippen molar-refractivity contribution in [2.75, 3.05) is 29.9 Å². The summed E-state index contributed by atoms with van der Waals surface area (Å²) >= 11 is 0. The Hall–Kier alpha value is -1.75. The molecule has 24 heavy (non-hydrogen) atoms. The second-order valence-corrected chi connectivity index (χ2v) is 7.52. The van der Waals surface area contributed by atoms with Crippen molar-refractivity contribution in [3.63, 3.8) is 0 Å². The number of fused-ring (bicyclic) bond motifs is 2. The van der Waals surface area contributed by atoms with Crippen LogP contribution in [0.25, 0.3) is 0 Å². The smallest absolute Gasteiger partial charge is 0.319 e. The van der Waals surface area contributed by atoms with Gasteiger partial charge >= 0.3 is 6.03 Å². The fourth-order valence-electron chi connectivity index (χ4n) is 5.02. The Kier molecular flexibility index (Phi) is 4.35. The van der Waals surface area contributed by atoms with Gasteiger partial charge in [-0.05, 0) is 56.1 Å². The van der Waals surface area contributed by atoms with E-state index in [-0.39, 0.29) is 24.6 Å². The second-order valence-electron chi connectivity index (χ2n) is 7.52. The molecule has 4 rings (SSSR count). The van der Waals surface area contributed by atoms with Crippen LogP contribution in [0.2, 0.25) is 0 Å². The number of para-hydroxylation sites is 2. The Balaban J connectivity index is 1.43. The van der Waals surface area contributed by atoms with Gasteiger partial charge in [0.05, 0.1) is 11.4 Å². The Morgan fingerprint density at radius 2 is 1.92 bits per heavy atom. The monoisotopic (exact) mass is 329 g/mol. The quantitative estimate of drug-likeness (QED) is 0.796. The zero-order chi connectivity index (χ0) is 16.5. The predicted octanol–water partition coefficient (Wildman–Crippen LogP) is 2.82. The van der Waals surface area contributed by atoms with Crippen LogP contribution in [0.1, 0.15) is 32.1 Å². The molecule has 3 fully saturated rings. The fraction of sp³-hybridized carbons (Fsp3) is 0.632. The molecule has 2 aliphatic carbocycles. The Bertz CT molecular complexity index is 600. The summed E-state index contributed by atoms with van der Waals surface area (Å²) in [7, 11) is 0. The van der Waals surface area contributed by atoms with Gasteiger partial charge in [0.2, 0.25) is 0 Å². The zero-order valence-electron chi connectivity index (χ0n) is 14.1. The maximum absolute atomic E-state index is 12.6. The van der Waals surface area contributed by atoms with Gasteiger partial charge in [-0.1, -0.05) is 12.1 Å². The van der Waals surface area contributed by atoms with E-state index in [1.807, 2.05) is 18.2 Å². The highest BCUT2D eigenvalue weighted by molar-refractivity contribution is 5.93. The number of hydrogen-bond donors (Lipinski definition) is 3. The van der Waals surface area contributed by atoms with E-state index in [4.69, 9.17) is 0 Å². The van der Waals surface area contributed by atoms with E-state index in [1.54, 1.807) is 0 Å². The number of carbonyl (C=O) groups is 1. The minimum absolute atomic E-state index is 0.118. The molecule has 1 saturated heterocycles. The fourth-order valence-corrected chi connectivity index (χ4v) is 5.02. The molecule has 130 valence electrons. The molecule has 1 heterocycles. The van der Waals surface area contributed by atoms with Crippen LogP contribution >= 0.6 is 0 Å². The van der Waals surface area contributed by atoms with Crippen molar-refractivity contribution >= 4 is 17.4 Å². The van der Waals surface area contributed by atoms with E-state index in [1.165, 1.54) is 25.7 Å². The molecule has 1 aromatic rings. The van der Waals surface area contributed by atoms with Crippen molar-refractivity contribution in [1.82, 2.24) is 5.32 Å². The van der Waals surface area contributed by atoms with Gasteiger partial charge in [-0.15, -0.1) is 0 Å². The third-order valence-corrected chi connectivity index (χ3v) is 6.20. The molecule has 5 nitrogen and oxygen atoms in total. The summed E-state index contributed by atoms with van der Waals surface area (Å²) in [6.45, 7) is 2.29. The number of nitrogens with one attached hydrogen (secondary N) is 2. The van der Waals surface area contributed by atoms with E-state index in [2.05, 4.69) is 21.6 Å². The average molecular weight is 329 g/mol. The van der Waals surface area contributed by atoms with Gasteiger partial charge in [0.1, 0.15) is 0 Å². The molecule has 3 N–H and O–H groups in total. The van der Waals surface area contributed by atoms with Crippen LogP contribution in [0.15, 0.2) is 24.3 Å². The van der Waals surface area contributed by atoms with Gasteiger partial charge in [-0.25, -0.2) is 4.79 Å². The number of anilines is 2. The molecule has 4 atom stereocenters. The summed E-state index contributed by atoms with van der Waals surface area (Å²) in [5.74, 6) is 1.34. The molecule has 2 bridgehead atoms. The van der Waals surface area contributed by atoms with Crippen LogP contribution < -0.4 is 15.5 Å². The highest BCUT2D eigenvalue weighted by Crippen LogP contribution is 2.48. The van der Waals surface area contributed by atoms with Crippen molar-refractivity contribution in [2.45, 2.75) is 38.1 Å². The number of aliphatic hydroxyl groups is 1. The van der Waals surface area contributed by atoms with E-state index in [0.29, 0.717) is 11.8 Å². The Morgan fingerprint density at radius 1 is 1.17 bits per heavy atom. The molecule has 3 aliphatic rings. The highest BCUT2D eigenvalue weighted by atomic mass is 16.3. The van der Waals surface area contributed by atoms with Crippen molar-refractivity contribution in [1.29, 1.82) is 0 Å². The number of hydrogen-bond acceptors (Lipinski definition) is 3. The topological polar surface area (TPSA) is 64.6 Å². The lowest BCUT2D eigenvalue weighted by Crippen LogP contribution is -2.47. The molecule has 0 radical (unpaired) electrons. The lowest BCUT2D eigenvalue weighted by molar-refractivity contribution is 0.146. The molecular formula is C19H27N3O2. The van der Waals surface area contributed by atoms with Gasteiger partial charge in [0.25, 0.3) is 0 Å². The first-order chi connectivity index (χ1) is 11.8. The maximum Gasteiger partial charge on any atom is 0.319 e. The van der Waals surface area contributed by atoms with Gasteiger partial charge in [-0.3, -0.25) is 0 Å². The molecule has 0 aromatic heterocycles. The number of benzene rings is 1. The largest absolute Gasteiger partial charge is 0.396 e. The predicted molar refractivity (Wildman–Crippen MR) is 95.2 cm³/mol. The summed E-state index contributed by atoms with van der Waals surface area (Å²) in [5, 5.41) is 15.9. The number of aliphatic hydroxyl groups excluding tert-OH is 1. The highest BCUT2D eigenvalue weighted by Gasteiger charge is 2.47. The van der Waals surface area contributed by atoms with Crippen molar-refractivity contribution < 1.29 is 9.90 Å². The number of carbonyl (C=O) groups excluding carboxylic acids is 1. The first-order valence-electron chi connectivity index (χ1n) is 9.28. The molecule has 1 aliphatic heterocycles. The van der Waals surface area contributed by atoms with Gasteiger partial charge in [-0.2, -0.15) is 0 Å². The minimum Gasteiger partial charge on any atom is -0.396 e. The van der Waals surface area contributed by atoms with E-state index < -0.39 is 0 Å². The number of amides is 2. The van der Waals surface area contributed by atoms with Crippen LogP contribution in [0.5, 0.6) is 0 Å². The maximum atomic E-state index is 12.6. The summed E-state index contributed by atoms with van der Waals surface area (Å²) in [5.41, 5.74) is 1.98. The summed E-state index contributed by atoms with van der Waals surface area (Å²) in [6, 6.07) is 8.01. The number of rotatable bonds is 4. The van der Waals surface area contributed by atoms with Crippen LogP contribution in [0, 0.1) is 17.8 Å². The summed E-state index contributed by atoms with van der Waals surface area (Å²) in [6.07, 6.45) is 5.96. The lowest BCUT2D eigenvalue weighted by atomic mass is 9.85. The lowest BCUT2D eigenvalue weighted by Gasteiger charge is -2.30. The Morgan fingerprint density at radius 3 is 2.71 bits per heavy atom. The summed E-state index contributed by atoms with van der Waals surface area (Å²) < 4.78 is 0. The van der Waals surface area contributed by atoms with Crippen molar-refractivity contribution in [2.24, 2.45) is 17.8 Å². The summed E-state index contributed by atoms with van der Waals surface area (Å²) in [4.78, 5) is 14.9. The molecular weight excluding hydrogens is 302 g/mol. The molecule has 1 aromatic carbocycles. The number of nitrogens with zero attached hydrogens (tertiary/aromatic N) is 1. The first-order valence-corrected chi connectivity index (χ1v) is 9.28. The SMILES string of the molecule is O=C(Nc1ccccc1N1CCCC1)N[C@H]1[C@@H]2CC[C@@H](C2)[C@@H]1CO. The molecule has 5 heteroatoms. The van der Waals surface area contributed by atoms with Gasteiger partial charge in [0, 0.05) is 31.7 Å². The second kappa shape index (κ2) is 6.63. The standard InChI is InChI=1S/C19H27N3O2/c23-12-15-13-7-8-14(11-13)18(15)21-19(24)20-16-5-1-2-6-17(16)22-9-3-4-10-22/h1-2,5-6,13-15,18,23H,3-4,7-12H2,(H2,20,21,24)/t13-,14+,15-,18-/m0/s1. The van der Waals surface area contributed by atoms with Crippen molar-refractivity contribution in [3.8, 4) is 0 Å².